The number of likely N-dealkylation sites (N-methyl/N-ethyl adjacent to an activating group) is 1. The molecule has 0 saturated carbocycles. The maximum atomic E-state index is 11.7. The molecule has 6 nitrogen and oxygen atoms in total. The highest BCUT2D eigenvalue weighted by atomic mass is 16.6. The molecule has 100 valence electrons. The molecule has 1 N–H and O–H groups in total. The quantitative estimate of drug-likeness (QED) is 0.789. The van der Waals surface area contributed by atoms with E-state index in [1.165, 1.54) is 12.0 Å². The van der Waals surface area contributed by atoms with Crippen LogP contribution in [0.5, 0.6) is 0 Å². The Morgan fingerprint density at radius 1 is 1.29 bits per heavy atom. The van der Waals surface area contributed by atoms with Crippen LogP contribution in [0.1, 0.15) is 20.8 Å². The number of carbonyl (C=O) groups excluding carboxylic acids is 2. The first-order valence-corrected chi connectivity index (χ1v) is 5.36. The van der Waals surface area contributed by atoms with E-state index >= 15 is 0 Å². The molecule has 1 atom stereocenters. The molecule has 6 heteroatoms. The highest BCUT2D eigenvalue weighted by Gasteiger charge is 2.26. The van der Waals surface area contributed by atoms with Gasteiger partial charge in [-0.15, -0.1) is 0 Å². The Hall–Kier alpha value is -1.30. The van der Waals surface area contributed by atoms with Gasteiger partial charge in [-0.2, -0.15) is 0 Å². The van der Waals surface area contributed by atoms with Crippen LogP contribution in [0.2, 0.25) is 0 Å². The third-order valence-electron chi connectivity index (χ3n) is 1.76. The lowest BCUT2D eigenvalue weighted by Gasteiger charge is -2.24. The zero-order valence-corrected chi connectivity index (χ0v) is 11.4. The molecule has 0 radical (unpaired) electrons. The number of methoxy groups -OCH3 is 1. The Morgan fingerprint density at radius 3 is 2.18 bits per heavy atom. The lowest BCUT2D eigenvalue weighted by Crippen LogP contribution is -2.46. The third kappa shape index (κ3) is 6.78. The third-order valence-corrected chi connectivity index (χ3v) is 1.76. The summed E-state index contributed by atoms with van der Waals surface area (Å²) >= 11 is 0. The minimum Gasteiger partial charge on any atom is -0.434 e. The second-order valence-electron chi connectivity index (χ2n) is 4.96. The van der Waals surface area contributed by atoms with E-state index in [0.717, 1.165) is 0 Å². The summed E-state index contributed by atoms with van der Waals surface area (Å²) in [6.07, 6.45) is -1.55. The molecule has 0 aliphatic rings. The fourth-order valence-electron chi connectivity index (χ4n) is 1.06. The van der Waals surface area contributed by atoms with Crippen LogP contribution in [-0.2, 0) is 14.3 Å². The standard InChI is InChI=1S/C11H22N2O4/c1-11(2,3)12-10(15)17-8(7-16-6)9(14)13(4)5/h8H,7H2,1-6H3,(H,12,15)/t8-/m0/s1. The van der Waals surface area contributed by atoms with Gasteiger partial charge in [0, 0.05) is 26.7 Å². The maximum Gasteiger partial charge on any atom is 0.408 e. The minimum atomic E-state index is -0.919. The topological polar surface area (TPSA) is 67.9 Å². The molecule has 0 saturated heterocycles. The highest BCUT2D eigenvalue weighted by Crippen LogP contribution is 2.03. The number of nitrogens with one attached hydrogen (secondary N) is 1. The highest BCUT2D eigenvalue weighted by molar-refractivity contribution is 5.83. The Labute approximate surface area is 102 Å². The first-order chi connectivity index (χ1) is 7.67. The van der Waals surface area contributed by atoms with Crippen LogP contribution in [-0.4, -0.2) is 56.4 Å². The SMILES string of the molecule is COC[C@H](OC(=O)NC(C)(C)C)C(=O)N(C)C. The number of hydrogen-bond donors (Lipinski definition) is 1. The number of nitrogens with zero attached hydrogens (tertiary/aromatic N) is 1. The average Bonchev–Trinajstić information content (AvgIpc) is 2.12. The molecule has 17 heavy (non-hydrogen) atoms. The van der Waals surface area contributed by atoms with E-state index in [1.54, 1.807) is 14.1 Å². The molecule has 0 bridgehead atoms. The zero-order chi connectivity index (χ0) is 13.6. The summed E-state index contributed by atoms with van der Waals surface area (Å²) in [6, 6.07) is 0. The summed E-state index contributed by atoms with van der Waals surface area (Å²) < 4.78 is 9.88. The van der Waals surface area contributed by atoms with Crippen molar-refractivity contribution < 1.29 is 19.1 Å². The molecular weight excluding hydrogens is 224 g/mol. The van der Waals surface area contributed by atoms with Crippen LogP contribution in [0.3, 0.4) is 0 Å². The van der Waals surface area contributed by atoms with E-state index in [0.29, 0.717) is 0 Å². The summed E-state index contributed by atoms with van der Waals surface area (Å²) in [7, 11) is 4.63. The molecule has 0 aliphatic carbocycles. The van der Waals surface area contributed by atoms with Gasteiger partial charge in [0.1, 0.15) is 0 Å². The number of ether oxygens (including phenoxy) is 2. The first kappa shape index (κ1) is 15.7. The van der Waals surface area contributed by atoms with Crippen molar-refractivity contribution in [3.8, 4) is 0 Å². The fraction of sp³-hybridized carbons (Fsp3) is 0.818. The van der Waals surface area contributed by atoms with Crippen LogP contribution in [0, 0.1) is 0 Å². The first-order valence-electron chi connectivity index (χ1n) is 5.36. The molecule has 0 aromatic carbocycles. The van der Waals surface area contributed by atoms with Gasteiger partial charge in [-0.05, 0) is 20.8 Å². The van der Waals surface area contributed by atoms with Crippen molar-refractivity contribution in [2.24, 2.45) is 0 Å². The summed E-state index contributed by atoms with van der Waals surface area (Å²) in [5, 5.41) is 2.61. The number of amides is 2. The van der Waals surface area contributed by atoms with Crippen molar-refractivity contribution >= 4 is 12.0 Å². The Kier molecular flexibility index (Phi) is 5.95. The van der Waals surface area contributed by atoms with Crippen LogP contribution in [0.4, 0.5) is 4.79 Å². The number of rotatable bonds is 4. The molecule has 0 aromatic heterocycles. The van der Waals surface area contributed by atoms with Crippen LogP contribution >= 0.6 is 0 Å². The van der Waals surface area contributed by atoms with Crippen molar-refractivity contribution in [2.75, 3.05) is 27.8 Å². The smallest absolute Gasteiger partial charge is 0.408 e. The molecule has 0 heterocycles. The predicted molar refractivity (Wildman–Crippen MR) is 63.7 cm³/mol. The van der Waals surface area contributed by atoms with Gasteiger partial charge in [-0.1, -0.05) is 0 Å². The predicted octanol–water partition coefficient (Wildman–Crippen LogP) is 0.614. The summed E-state index contributed by atoms with van der Waals surface area (Å²) in [6.45, 7) is 5.52. The Balaban J connectivity index is 4.45. The summed E-state index contributed by atoms with van der Waals surface area (Å²) in [5.41, 5.74) is -0.407. The monoisotopic (exact) mass is 246 g/mol. The molecule has 0 aromatic rings. The summed E-state index contributed by atoms with van der Waals surface area (Å²) in [4.78, 5) is 24.5. The van der Waals surface area contributed by atoms with Crippen molar-refractivity contribution in [1.29, 1.82) is 0 Å². The lowest BCUT2D eigenvalue weighted by molar-refractivity contribution is -0.140. The lowest BCUT2D eigenvalue weighted by atomic mass is 10.1. The molecule has 2 amide bonds. The van der Waals surface area contributed by atoms with E-state index in [2.05, 4.69) is 5.32 Å². The number of carbonyl (C=O) groups is 2. The van der Waals surface area contributed by atoms with E-state index < -0.39 is 17.7 Å². The molecule has 0 fully saturated rings. The van der Waals surface area contributed by atoms with Gasteiger partial charge >= 0.3 is 6.09 Å². The van der Waals surface area contributed by atoms with Gasteiger partial charge < -0.3 is 19.7 Å². The molecule has 0 rings (SSSR count). The summed E-state index contributed by atoms with van der Waals surface area (Å²) in [5.74, 6) is -0.309. The Bertz CT molecular complexity index is 271. The van der Waals surface area contributed by atoms with Crippen molar-refractivity contribution in [2.45, 2.75) is 32.4 Å². The van der Waals surface area contributed by atoms with E-state index in [-0.39, 0.29) is 12.5 Å². The van der Waals surface area contributed by atoms with Crippen LogP contribution in [0.15, 0.2) is 0 Å². The van der Waals surface area contributed by atoms with Gasteiger partial charge in [0.2, 0.25) is 6.10 Å². The number of hydrogen-bond acceptors (Lipinski definition) is 4. The average molecular weight is 246 g/mol. The van der Waals surface area contributed by atoms with Crippen molar-refractivity contribution in [3.63, 3.8) is 0 Å². The number of alkyl carbamates (subject to hydrolysis) is 1. The molecular formula is C11H22N2O4. The van der Waals surface area contributed by atoms with E-state index in [4.69, 9.17) is 9.47 Å². The van der Waals surface area contributed by atoms with Gasteiger partial charge in [-0.3, -0.25) is 4.79 Å². The zero-order valence-electron chi connectivity index (χ0n) is 11.4. The van der Waals surface area contributed by atoms with Crippen molar-refractivity contribution in [1.82, 2.24) is 10.2 Å². The molecule has 0 unspecified atom stereocenters. The van der Waals surface area contributed by atoms with Crippen LogP contribution in [0.25, 0.3) is 0 Å². The maximum absolute atomic E-state index is 11.7. The molecule has 0 aliphatic heterocycles. The second kappa shape index (κ2) is 6.44. The molecule has 0 spiro atoms. The fourth-order valence-corrected chi connectivity index (χ4v) is 1.06. The van der Waals surface area contributed by atoms with E-state index in [1.807, 2.05) is 20.8 Å². The van der Waals surface area contributed by atoms with Gasteiger partial charge in [-0.25, -0.2) is 4.79 Å². The van der Waals surface area contributed by atoms with E-state index in [9.17, 15) is 9.59 Å². The normalized spacial score (nSPS) is 12.8. The van der Waals surface area contributed by atoms with Gasteiger partial charge in [0.25, 0.3) is 5.91 Å². The largest absolute Gasteiger partial charge is 0.434 e. The van der Waals surface area contributed by atoms with Crippen molar-refractivity contribution in [3.05, 3.63) is 0 Å². The Morgan fingerprint density at radius 2 is 1.82 bits per heavy atom. The minimum absolute atomic E-state index is 0.0363. The van der Waals surface area contributed by atoms with Gasteiger partial charge in [0.15, 0.2) is 0 Å². The van der Waals surface area contributed by atoms with Gasteiger partial charge in [0.05, 0.1) is 6.61 Å². The van der Waals surface area contributed by atoms with Crippen LogP contribution < -0.4 is 5.32 Å². The second-order valence-corrected chi connectivity index (χ2v) is 4.96.